The number of hydrogen-bond acceptors (Lipinski definition) is 4. The van der Waals surface area contributed by atoms with Gasteiger partial charge in [-0.1, -0.05) is 0 Å². The van der Waals surface area contributed by atoms with E-state index >= 15 is 0 Å². The highest BCUT2D eigenvalue weighted by atomic mass is 16.5. The average molecular weight is 235 g/mol. The molecule has 0 spiro atoms. The van der Waals surface area contributed by atoms with Gasteiger partial charge in [-0.2, -0.15) is 0 Å². The molecule has 1 fully saturated rings. The minimum absolute atomic E-state index is 0.0343. The number of nitrogens with zero attached hydrogens (tertiary/aromatic N) is 2. The van der Waals surface area contributed by atoms with Gasteiger partial charge in [0, 0.05) is 31.9 Å². The largest absolute Gasteiger partial charge is 0.482 e. The highest BCUT2D eigenvalue weighted by molar-refractivity contribution is 5.77. The van der Waals surface area contributed by atoms with Crippen molar-refractivity contribution in [3.63, 3.8) is 0 Å². The van der Waals surface area contributed by atoms with Crippen LogP contribution in [0.15, 0.2) is 18.3 Å². The number of carbonyl (C=O) groups excluding carboxylic acids is 1. The Kier molecular flexibility index (Phi) is 3.93. The zero-order valence-corrected chi connectivity index (χ0v) is 9.98. The molecule has 0 bridgehead atoms. The van der Waals surface area contributed by atoms with Gasteiger partial charge in [-0.05, 0) is 19.1 Å². The smallest absolute Gasteiger partial charge is 0.260 e. The van der Waals surface area contributed by atoms with E-state index in [0.717, 1.165) is 31.9 Å². The summed E-state index contributed by atoms with van der Waals surface area (Å²) >= 11 is 0. The third kappa shape index (κ3) is 3.42. The predicted octanol–water partition coefficient (Wildman–Crippen LogP) is 0.201. The van der Waals surface area contributed by atoms with Crippen molar-refractivity contribution in [3.05, 3.63) is 24.0 Å². The van der Waals surface area contributed by atoms with Crippen LogP contribution in [0.25, 0.3) is 0 Å². The molecular formula is C12H17N3O2. The van der Waals surface area contributed by atoms with E-state index in [-0.39, 0.29) is 12.5 Å². The highest BCUT2D eigenvalue weighted by Gasteiger charge is 2.16. The molecule has 5 nitrogen and oxygen atoms in total. The van der Waals surface area contributed by atoms with Crippen LogP contribution < -0.4 is 10.1 Å². The van der Waals surface area contributed by atoms with Gasteiger partial charge in [-0.15, -0.1) is 0 Å². The molecule has 0 aliphatic carbocycles. The summed E-state index contributed by atoms with van der Waals surface area (Å²) in [5.41, 5.74) is 0.936. The van der Waals surface area contributed by atoms with Gasteiger partial charge in [0.25, 0.3) is 5.91 Å². The second-order valence-corrected chi connectivity index (χ2v) is 4.05. The van der Waals surface area contributed by atoms with Crippen LogP contribution in [0.4, 0.5) is 0 Å². The monoisotopic (exact) mass is 235 g/mol. The quantitative estimate of drug-likeness (QED) is 0.813. The van der Waals surface area contributed by atoms with Gasteiger partial charge in [0.15, 0.2) is 6.61 Å². The van der Waals surface area contributed by atoms with Gasteiger partial charge < -0.3 is 15.0 Å². The van der Waals surface area contributed by atoms with Crippen LogP contribution in [0, 0.1) is 6.92 Å². The molecule has 0 aromatic carbocycles. The summed E-state index contributed by atoms with van der Waals surface area (Å²) in [5, 5.41) is 3.20. The predicted molar refractivity (Wildman–Crippen MR) is 63.9 cm³/mol. The van der Waals surface area contributed by atoms with E-state index in [2.05, 4.69) is 10.3 Å². The number of aryl methyl sites for hydroxylation is 1. The van der Waals surface area contributed by atoms with Gasteiger partial charge in [0.2, 0.25) is 0 Å². The first kappa shape index (κ1) is 11.9. The van der Waals surface area contributed by atoms with Gasteiger partial charge in [-0.3, -0.25) is 9.78 Å². The van der Waals surface area contributed by atoms with Crippen LogP contribution in [-0.2, 0) is 4.79 Å². The molecule has 0 saturated carbocycles. The van der Waals surface area contributed by atoms with Gasteiger partial charge >= 0.3 is 0 Å². The first-order valence-corrected chi connectivity index (χ1v) is 5.79. The first-order chi connectivity index (χ1) is 8.25. The number of ether oxygens (including phenoxy) is 1. The minimum atomic E-state index is 0.0343. The van der Waals surface area contributed by atoms with Crippen molar-refractivity contribution in [2.45, 2.75) is 6.92 Å². The Hall–Kier alpha value is -1.62. The molecule has 1 aromatic heterocycles. The number of carbonyl (C=O) groups is 1. The molecule has 92 valence electrons. The lowest BCUT2D eigenvalue weighted by molar-refractivity contribution is -0.133. The lowest BCUT2D eigenvalue weighted by Gasteiger charge is -2.27. The zero-order valence-electron chi connectivity index (χ0n) is 9.98. The van der Waals surface area contributed by atoms with Gasteiger partial charge in [0.05, 0.1) is 6.20 Å². The fourth-order valence-corrected chi connectivity index (χ4v) is 1.69. The maximum atomic E-state index is 11.8. The average Bonchev–Trinajstić information content (AvgIpc) is 2.39. The topological polar surface area (TPSA) is 54.5 Å². The number of nitrogens with one attached hydrogen (secondary N) is 1. The van der Waals surface area contributed by atoms with E-state index in [1.54, 1.807) is 6.20 Å². The second-order valence-electron chi connectivity index (χ2n) is 4.05. The summed E-state index contributed by atoms with van der Waals surface area (Å²) < 4.78 is 5.40. The van der Waals surface area contributed by atoms with Crippen LogP contribution >= 0.6 is 0 Å². The lowest BCUT2D eigenvalue weighted by Crippen LogP contribution is -2.47. The molecule has 1 N–H and O–H groups in total. The zero-order chi connectivity index (χ0) is 12.1. The molecule has 0 radical (unpaired) electrons. The van der Waals surface area contributed by atoms with Gasteiger partial charge in [-0.25, -0.2) is 0 Å². The van der Waals surface area contributed by atoms with E-state index in [1.807, 2.05) is 24.0 Å². The first-order valence-electron chi connectivity index (χ1n) is 5.79. The Balaban J connectivity index is 1.81. The van der Waals surface area contributed by atoms with E-state index in [4.69, 9.17) is 4.74 Å². The summed E-state index contributed by atoms with van der Waals surface area (Å²) in [5.74, 6) is 0.672. The Morgan fingerprint density at radius 2 is 2.24 bits per heavy atom. The number of aromatic nitrogens is 1. The van der Waals surface area contributed by atoms with Crippen LogP contribution in [0.2, 0.25) is 0 Å². The van der Waals surface area contributed by atoms with Crippen LogP contribution in [0.3, 0.4) is 0 Å². The van der Waals surface area contributed by atoms with Crippen molar-refractivity contribution in [1.29, 1.82) is 0 Å². The third-order valence-electron chi connectivity index (χ3n) is 2.72. The maximum absolute atomic E-state index is 11.8. The Morgan fingerprint density at radius 3 is 2.88 bits per heavy atom. The molecule has 1 aromatic rings. The lowest BCUT2D eigenvalue weighted by atomic mass is 10.3. The Bertz CT molecular complexity index is 372. The standard InChI is InChI=1S/C12H17N3O2/c1-10-2-3-11(8-14-10)17-9-12(16)15-6-4-13-5-7-15/h2-3,8,13H,4-7,9H2,1H3. The number of rotatable bonds is 3. The SMILES string of the molecule is Cc1ccc(OCC(=O)N2CCNCC2)cn1. The van der Waals surface area contributed by atoms with E-state index in [0.29, 0.717) is 5.75 Å². The molecule has 1 amide bonds. The third-order valence-corrected chi connectivity index (χ3v) is 2.72. The molecular weight excluding hydrogens is 218 g/mol. The maximum Gasteiger partial charge on any atom is 0.260 e. The fourth-order valence-electron chi connectivity index (χ4n) is 1.69. The van der Waals surface area contributed by atoms with Crippen molar-refractivity contribution in [1.82, 2.24) is 15.2 Å². The molecule has 2 rings (SSSR count). The van der Waals surface area contributed by atoms with E-state index in [9.17, 15) is 4.79 Å². The molecule has 2 heterocycles. The Morgan fingerprint density at radius 1 is 1.47 bits per heavy atom. The molecule has 5 heteroatoms. The Labute approximate surface area is 101 Å². The van der Waals surface area contributed by atoms with Crippen LogP contribution in [0.1, 0.15) is 5.69 Å². The molecule has 1 aliphatic heterocycles. The summed E-state index contributed by atoms with van der Waals surface area (Å²) in [4.78, 5) is 17.7. The van der Waals surface area contributed by atoms with E-state index in [1.165, 1.54) is 0 Å². The minimum Gasteiger partial charge on any atom is -0.482 e. The summed E-state index contributed by atoms with van der Waals surface area (Å²) in [6, 6.07) is 3.69. The summed E-state index contributed by atoms with van der Waals surface area (Å²) in [6.45, 7) is 5.23. The second kappa shape index (κ2) is 5.63. The normalized spacial score (nSPS) is 15.7. The van der Waals surface area contributed by atoms with Crippen LogP contribution in [-0.4, -0.2) is 48.6 Å². The summed E-state index contributed by atoms with van der Waals surface area (Å²) in [7, 11) is 0. The van der Waals surface area contributed by atoms with Crippen LogP contribution in [0.5, 0.6) is 5.75 Å². The molecule has 1 saturated heterocycles. The molecule has 17 heavy (non-hydrogen) atoms. The fraction of sp³-hybridized carbons (Fsp3) is 0.500. The summed E-state index contributed by atoms with van der Waals surface area (Å²) in [6.07, 6.45) is 1.64. The number of hydrogen-bond donors (Lipinski definition) is 1. The van der Waals surface area contributed by atoms with Crippen molar-refractivity contribution in [2.24, 2.45) is 0 Å². The van der Waals surface area contributed by atoms with Crippen molar-refractivity contribution < 1.29 is 9.53 Å². The number of pyridine rings is 1. The van der Waals surface area contributed by atoms with E-state index < -0.39 is 0 Å². The van der Waals surface area contributed by atoms with Crippen molar-refractivity contribution in [2.75, 3.05) is 32.8 Å². The van der Waals surface area contributed by atoms with Crippen molar-refractivity contribution >= 4 is 5.91 Å². The number of piperazine rings is 1. The van der Waals surface area contributed by atoms with Gasteiger partial charge in [0.1, 0.15) is 5.75 Å². The molecule has 0 unspecified atom stereocenters. The molecule has 0 atom stereocenters. The highest BCUT2D eigenvalue weighted by Crippen LogP contribution is 2.08. The number of amides is 1. The molecule has 1 aliphatic rings. The van der Waals surface area contributed by atoms with Crippen molar-refractivity contribution in [3.8, 4) is 5.75 Å².